The number of rotatable bonds is 5. The molecular formula is C15H24N2O5. The number of aromatic nitrogens is 1. The zero-order valence-corrected chi connectivity index (χ0v) is 13.9. The lowest BCUT2D eigenvalue weighted by atomic mass is 9.99. The van der Waals surface area contributed by atoms with E-state index in [-0.39, 0.29) is 17.5 Å². The number of methoxy groups -OCH3 is 1. The molecule has 0 bridgehead atoms. The maximum absolute atomic E-state index is 12.0. The number of hydrogen-bond donors (Lipinski definition) is 1. The van der Waals surface area contributed by atoms with Crippen molar-refractivity contribution in [1.29, 1.82) is 0 Å². The highest BCUT2D eigenvalue weighted by Gasteiger charge is 2.28. The van der Waals surface area contributed by atoms with Crippen molar-refractivity contribution in [3.05, 3.63) is 17.8 Å². The Morgan fingerprint density at radius 3 is 2.55 bits per heavy atom. The summed E-state index contributed by atoms with van der Waals surface area (Å²) in [5.41, 5.74) is -0.533. The van der Waals surface area contributed by atoms with Gasteiger partial charge in [-0.05, 0) is 26.7 Å². The molecule has 0 aliphatic carbocycles. The van der Waals surface area contributed by atoms with Crippen molar-refractivity contribution in [3.8, 4) is 0 Å². The van der Waals surface area contributed by atoms with Crippen LogP contribution in [0.5, 0.6) is 0 Å². The van der Waals surface area contributed by atoms with Crippen LogP contribution in [0.15, 0.2) is 10.7 Å². The minimum atomic E-state index is -0.599. The van der Waals surface area contributed by atoms with Crippen molar-refractivity contribution in [2.24, 2.45) is 5.92 Å². The molecule has 1 rings (SSSR count). The smallest absolute Gasteiger partial charge is 0.408 e. The first-order valence-corrected chi connectivity index (χ1v) is 7.21. The summed E-state index contributed by atoms with van der Waals surface area (Å²) in [6, 6.07) is -0.488. The highest BCUT2D eigenvalue weighted by molar-refractivity contribution is 5.86. The summed E-state index contributed by atoms with van der Waals surface area (Å²) in [4.78, 5) is 27.5. The molecule has 7 nitrogen and oxygen atoms in total. The predicted molar refractivity (Wildman–Crippen MR) is 79.4 cm³/mol. The maximum atomic E-state index is 12.0. The van der Waals surface area contributed by atoms with E-state index in [2.05, 4.69) is 15.0 Å². The molecule has 0 saturated heterocycles. The van der Waals surface area contributed by atoms with Gasteiger partial charge < -0.3 is 19.2 Å². The molecule has 0 fully saturated rings. The lowest BCUT2D eigenvalue weighted by Crippen LogP contribution is -2.37. The zero-order chi connectivity index (χ0) is 16.9. The molecule has 7 heteroatoms. The van der Waals surface area contributed by atoms with E-state index in [9.17, 15) is 9.59 Å². The maximum Gasteiger partial charge on any atom is 0.408 e. The third kappa shape index (κ3) is 5.05. The van der Waals surface area contributed by atoms with Crippen molar-refractivity contribution in [2.75, 3.05) is 7.11 Å². The Labute approximate surface area is 130 Å². The largest absolute Gasteiger partial charge is 0.464 e. The average Bonchev–Trinajstić information content (AvgIpc) is 2.90. The van der Waals surface area contributed by atoms with Crippen LogP contribution in [0.1, 0.15) is 63.5 Å². The van der Waals surface area contributed by atoms with Gasteiger partial charge in [0.05, 0.1) is 7.11 Å². The molecule has 124 valence electrons. The van der Waals surface area contributed by atoms with Crippen molar-refractivity contribution in [1.82, 2.24) is 10.3 Å². The van der Waals surface area contributed by atoms with E-state index in [1.165, 1.54) is 13.4 Å². The lowest BCUT2D eigenvalue weighted by molar-refractivity contribution is 0.0475. The van der Waals surface area contributed by atoms with Crippen LogP contribution in [0.3, 0.4) is 0 Å². The summed E-state index contributed by atoms with van der Waals surface area (Å²) >= 11 is 0. The average molecular weight is 312 g/mol. The minimum Gasteiger partial charge on any atom is -0.464 e. The quantitative estimate of drug-likeness (QED) is 0.840. The number of nitrogens with zero attached hydrogens (tertiary/aromatic N) is 1. The molecule has 0 spiro atoms. The fourth-order valence-corrected chi connectivity index (χ4v) is 1.75. The molecule has 0 aliphatic heterocycles. The van der Waals surface area contributed by atoms with Crippen molar-refractivity contribution < 1.29 is 23.5 Å². The van der Waals surface area contributed by atoms with Crippen molar-refractivity contribution in [3.63, 3.8) is 0 Å². The molecule has 1 aromatic heterocycles. The normalized spacial score (nSPS) is 14.1. The van der Waals surface area contributed by atoms with Gasteiger partial charge >= 0.3 is 12.1 Å². The van der Waals surface area contributed by atoms with E-state index in [4.69, 9.17) is 9.15 Å². The summed E-state index contributed by atoms with van der Waals surface area (Å²) in [5, 5.41) is 2.74. The Kier molecular flexibility index (Phi) is 5.96. The standard InChI is InChI=1S/C15H24N2O5/c1-7-9(2)11(17-14(19)22-15(3,4)5)12-16-10(8-21-12)13(18)20-6/h8-9,11H,7H2,1-6H3,(H,17,19)/t9-,11-/m0/s1. The van der Waals surface area contributed by atoms with E-state index in [0.29, 0.717) is 0 Å². The molecule has 1 heterocycles. The van der Waals surface area contributed by atoms with Crippen LogP contribution < -0.4 is 5.32 Å². The highest BCUT2D eigenvalue weighted by atomic mass is 16.6. The summed E-state index contributed by atoms with van der Waals surface area (Å²) in [5.74, 6) is -0.285. The molecule has 0 saturated carbocycles. The Hall–Kier alpha value is -2.05. The number of alkyl carbamates (subject to hydrolysis) is 1. The van der Waals surface area contributed by atoms with Crippen LogP contribution in [0.2, 0.25) is 0 Å². The van der Waals surface area contributed by atoms with Gasteiger partial charge in [0, 0.05) is 0 Å². The van der Waals surface area contributed by atoms with Crippen molar-refractivity contribution in [2.45, 2.75) is 52.7 Å². The number of nitrogens with one attached hydrogen (secondary N) is 1. The molecular weight excluding hydrogens is 288 g/mol. The summed E-state index contributed by atoms with van der Waals surface area (Å²) in [7, 11) is 1.27. The second-order valence-electron chi connectivity index (χ2n) is 6.07. The van der Waals surface area contributed by atoms with E-state index < -0.39 is 23.7 Å². The molecule has 1 aromatic rings. The first-order chi connectivity index (χ1) is 10.2. The molecule has 22 heavy (non-hydrogen) atoms. The molecule has 0 aromatic carbocycles. The van der Waals surface area contributed by atoms with Gasteiger partial charge in [-0.1, -0.05) is 20.3 Å². The van der Waals surface area contributed by atoms with Gasteiger partial charge in [-0.15, -0.1) is 0 Å². The molecule has 0 unspecified atom stereocenters. The Bertz CT molecular complexity index is 518. The number of ether oxygens (including phenoxy) is 2. The lowest BCUT2D eigenvalue weighted by Gasteiger charge is -2.25. The second-order valence-corrected chi connectivity index (χ2v) is 6.07. The Morgan fingerprint density at radius 1 is 1.41 bits per heavy atom. The van der Waals surface area contributed by atoms with Crippen LogP contribution in [0, 0.1) is 5.92 Å². The Balaban J connectivity index is 2.91. The number of carbonyl (C=O) groups is 2. The summed E-state index contributed by atoms with van der Waals surface area (Å²) in [6.45, 7) is 9.28. The fraction of sp³-hybridized carbons (Fsp3) is 0.667. The van der Waals surface area contributed by atoms with Crippen LogP contribution in [0.25, 0.3) is 0 Å². The molecule has 1 N–H and O–H groups in total. The molecule has 2 atom stereocenters. The first-order valence-electron chi connectivity index (χ1n) is 7.21. The van der Waals surface area contributed by atoms with Crippen LogP contribution >= 0.6 is 0 Å². The van der Waals surface area contributed by atoms with Crippen LogP contribution in [-0.2, 0) is 9.47 Å². The van der Waals surface area contributed by atoms with Gasteiger partial charge in [0.2, 0.25) is 5.89 Å². The van der Waals surface area contributed by atoms with Crippen molar-refractivity contribution >= 4 is 12.1 Å². The second kappa shape index (κ2) is 7.29. The number of esters is 1. The Morgan fingerprint density at radius 2 is 2.05 bits per heavy atom. The predicted octanol–water partition coefficient (Wildman–Crippen LogP) is 3.07. The number of hydrogen-bond acceptors (Lipinski definition) is 6. The van der Waals surface area contributed by atoms with Crippen LogP contribution in [0.4, 0.5) is 4.79 Å². The van der Waals surface area contributed by atoms with E-state index in [1.54, 1.807) is 20.8 Å². The third-order valence-electron chi connectivity index (χ3n) is 3.07. The van der Waals surface area contributed by atoms with Crippen LogP contribution in [-0.4, -0.2) is 29.8 Å². The van der Waals surface area contributed by atoms with E-state index in [0.717, 1.165) is 6.42 Å². The first kappa shape index (κ1) is 18.0. The van der Waals surface area contributed by atoms with E-state index in [1.807, 2.05) is 13.8 Å². The van der Waals surface area contributed by atoms with Gasteiger partial charge in [-0.25, -0.2) is 14.6 Å². The van der Waals surface area contributed by atoms with Gasteiger partial charge in [0.15, 0.2) is 5.69 Å². The topological polar surface area (TPSA) is 90.7 Å². The number of carbonyl (C=O) groups excluding carboxylic acids is 2. The monoisotopic (exact) mass is 312 g/mol. The molecule has 1 amide bonds. The summed E-state index contributed by atoms with van der Waals surface area (Å²) < 4.78 is 15.2. The SMILES string of the molecule is CC[C@H](C)[C@H](NC(=O)OC(C)(C)C)c1nc(C(=O)OC)co1. The third-order valence-corrected chi connectivity index (χ3v) is 3.07. The van der Waals surface area contributed by atoms with Gasteiger partial charge in [-0.3, -0.25) is 0 Å². The zero-order valence-electron chi connectivity index (χ0n) is 13.9. The fourth-order valence-electron chi connectivity index (χ4n) is 1.75. The summed E-state index contributed by atoms with van der Waals surface area (Å²) in [6.07, 6.45) is 1.44. The molecule has 0 radical (unpaired) electrons. The number of oxazole rings is 1. The highest BCUT2D eigenvalue weighted by Crippen LogP contribution is 2.24. The number of amides is 1. The minimum absolute atomic E-state index is 0.0525. The van der Waals surface area contributed by atoms with Gasteiger partial charge in [0.25, 0.3) is 0 Å². The van der Waals surface area contributed by atoms with E-state index >= 15 is 0 Å². The van der Waals surface area contributed by atoms with Gasteiger partial charge in [-0.2, -0.15) is 0 Å². The molecule has 0 aliphatic rings. The van der Waals surface area contributed by atoms with Gasteiger partial charge in [0.1, 0.15) is 17.9 Å².